The molecule has 2 amide bonds. The first-order valence-electron chi connectivity index (χ1n) is 5.94. The van der Waals surface area contributed by atoms with Crippen LogP contribution in [0.5, 0.6) is 0 Å². The fourth-order valence-electron chi connectivity index (χ4n) is 1.40. The molecule has 0 saturated carbocycles. The van der Waals surface area contributed by atoms with Crippen LogP contribution in [0.1, 0.15) is 25.7 Å². The summed E-state index contributed by atoms with van der Waals surface area (Å²) in [6.07, 6.45) is 0.823. The van der Waals surface area contributed by atoms with Gasteiger partial charge in [-0.3, -0.25) is 9.59 Å². The zero-order valence-electron chi connectivity index (χ0n) is 10.9. The van der Waals surface area contributed by atoms with Crippen LogP contribution in [0.3, 0.4) is 0 Å². The van der Waals surface area contributed by atoms with Gasteiger partial charge in [-0.1, -0.05) is 0 Å². The van der Waals surface area contributed by atoms with Crippen LogP contribution >= 0.6 is 0 Å². The second-order valence-corrected chi connectivity index (χ2v) is 4.15. The van der Waals surface area contributed by atoms with Gasteiger partial charge < -0.3 is 26.6 Å². The van der Waals surface area contributed by atoms with E-state index in [-0.39, 0.29) is 12.8 Å². The van der Waals surface area contributed by atoms with Gasteiger partial charge in [-0.25, -0.2) is 4.79 Å². The van der Waals surface area contributed by atoms with Gasteiger partial charge in [0.15, 0.2) is 0 Å². The van der Waals surface area contributed by atoms with Crippen LogP contribution in [0, 0.1) is 0 Å². The van der Waals surface area contributed by atoms with Crippen molar-refractivity contribution in [1.82, 2.24) is 5.32 Å². The number of carboxylic acids is 1. The van der Waals surface area contributed by atoms with Crippen LogP contribution < -0.4 is 16.8 Å². The van der Waals surface area contributed by atoms with Crippen LogP contribution in [0.25, 0.3) is 0 Å². The number of carboxylic acid groups (broad SMARTS) is 1. The normalized spacial score (nSPS) is 13.6. The van der Waals surface area contributed by atoms with Crippen LogP contribution in [0.15, 0.2) is 0 Å². The van der Waals surface area contributed by atoms with Gasteiger partial charge in [0, 0.05) is 20.1 Å². The van der Waals surface area contributed by atoms with Gasteiger partial charge >= 0.3 is 5.97 Å². The molecule has 0 aromatic carbocycles. The van der Waals surface area contributed by atoms with Crippen LogP contribution in [-0.4, -0.2) is 48.7 Å². The molecule has 0 fully saturated rings. The summed E-state index contributed by atoms with van der Waals surface area (Å²) in [6.45, 7) is 0.477. The van der Waals surface area contributed by atoms with Gasteiger partial charge in [0.2, 0.25) is 11.8 Å². The Morgan fingerprint density at radius 2 is 1.95 bits per heavy atom. The van der Waals surface area contributed by atoms with Crippen molar-refractivity contribution in [1.29, 1.82) is 0 Å². The maximum Gasteiger partial charge on any atom is 0.326 e. The Bertz CT molecular complexity index is 321. The number of primary amides is 1. The molecule has 0 aromatic heterocycles. The topological polar surface area (TPSA) is 145 Å². The first-order valence-corrected chi connectivity index (χ1v) is 5.94. The summed E-state index contributed by atoms with van der Waals surface area (Å²) in [6, 6.07) is -1.96. The first-order chi connectivity index (χ1) is 8.88. The molecule has 6 N–H and O–H groups in total. The Kier molecular flexibility index (Phi) is 8.47. The predicted octanol–water partition coefficient (Wildman–Crippen LogP) is -1.42. The molecule has 0 rings (SSSR count). The number of hydrogen-bond acceptors (Lipinski definition) is 5. The lowest BCUT2D eigenvalue weighted by Crippen LogP contribution is -2.48. The molecule has 0 heterocycles. The Labute approximate surface area is 111 Å². The summed E-state index contributed by atoms with van der Waals surface area (Å²) >= 11 is 0. The predicted molar refractivity (Wildman–Crippen MR) is 67.1 cm³/mol. The number of amides is 2. The lowest BCUT2D eigenvalue weighted by molar-refractivity contribution is -0.142. The first kappa shape index (κ1) is 17.3. The lowest BCUT2D eigenvalue weighted by atomic mass is 10.1. The van der Waals surface area contributed by atoms with Gasteiger partial charge in [-0.15, -0.1) is 0 Å². The van der Waals surface area contributed by atoms with E-state index in [0.29, 0.717) is 19.4 Å². The van der Waals surface area contributed by atoms with E-state index in [0.717, 1.165) is 0 Å². The fraction of sp³-hybridized carbons (Fsp3) is 0.727. The highest BCUT2D eigenvalue weighted by molar-refractivity contribution is 5.87. The number of ether oxygens (including phenoxy) is 1. The molecule has 8 nitrogen and oxygen atoms in total. The summed E-state index contributed by atoms with van der Waals surface area (Å²) in [5.74, 6) is -2.41. The third-order valence-electron chi connectivity index (χ3n) is 2.49. The van der Waals surface area contributed by atoms with E-state index in [4.69, 9.17) is 21.3 Å². The molecule has 110 valence electrons. The average molecular weight is 275 g/mol. The van der Waals surface area contributed by atoms with Crippen LogP contribution in [0.4, 0.5) is 0 Å². The molecule has 0 aliphatic rings. The summed E-state index contributed by atoms with van der Waals surface area (Å²) in [7, 11) is 1.54. The van der Waals surface area contributed by atoms with E-state index in [9.17, 15) is 14.4 Å². The van der Waals surface area contributed by atoms with Crippen molar-refractivity contribution in [2.75, 3.05) is 13.7 Å². The van der Waals surface area contributed by atoms with Gasteiger partial charge in [0.1, 0.15) is 6.04 Å². The summed E-state index contributed by atoms with van der Waals surface area (Å²) in [5.41, 5.74) is 10.5. The molecule has 0 aliphatic carbocycles. The van der Waals surface area contributed by atoms with E-state index < -0.39 is 29.9 Å². The third kappa shape index (κ3) is 8.11. The fourth-order valence-corrected chi connectivity index (χ4v) is 1.40. The number of rotatable bonds is 10. The van der Waals surface area contributed by atoms with E-state index in [2.05, 4.69) is 5.32 Å². The summed E-state index contributed by atoms with van der Waals surface area (Å²) < 4.78 is 4.82. The molecule has 8 heteroatoms. The Morgan fingerprint density at radius 1 is 1.32 bits per heavy atom. The highest BCUT2D eigenvalue weighted by atomic mass is 16.5. The van der Waals surface area contributed by atoms with Crippen molar-refractivity contribution in [2.45, 2.75) is 37.8 Å². The number of hydrogen-bond donors (Lipinski definition) is 4. The minimum absolute atomic E-state index is 0.0544. The van der Waals surface area contributed by atoms with Crippen molar-refractivity contribution in [3.63, 3.8) is 0 Å². The Hall–Kier alpha value is -1.67. The number of carbonyl (C=O) groups excluding carboxylic acids is 2. The average Bonchev–Trinajstić information content (AvgIpc) is 2.33. The number of nitrogens with one attached hydrogen (secondary N) is 1. The number of carbonyl (C=O) groups is 3. The molecular weight excluding hydrogens is 254 g/mol. The molecule has 0 radical (unpaired) electrons. The van der Waals surface area contributed by atoms with E-state index in [1.165, 1.54) is 7.11 Å². The SMILES string of the molecule is COCCCC(N)C(=O)N[C@H](CCC(N)=O)C(=O)O. The number of nitrogens with two attached hydrogens (primary N) is 2. The standard InChI is InChI=1S/C11H21N3O5/c1-19-6-2-3-7(12)10(16)14-8(11(17)18)4-5-9(13)15/h7-8H,2-6,12H2,1H3,(H2,13,15)(H,14,16)(H,17,18)/t7?,8-/m1/s1. The van der Waals surface area contributed by atoms with Crippen molar-refractivity contribution < 1.29 is 24.2 Å². The molecule has 0 spiro atoms. The smallest absolute Gasteiger partial charge is 0.326 e. The monoisotopic (exact) mass is 275 g/mol. The van der Waals surface area contributed by atoms with Gasteiger partial charge in [0.25, 0.3) is 0 Å². The lowest BCUT2D eigenvalue weighted by Gasteiger charge is -2.17. The molecule has 0 bridgehead atoms. The molecule has 19 heavy (non-hydrogen) atoms. The molecule has 2 atom stereocenters. The second-order valence-electron chi connectivity index (χ2n) is 4.15. The van der Waals surface area contributed by atoms with E-state index >= 15 is 0 Å². The van der Waals surface area contributed by atoms with Gasteiger partial charge in [-0.05, 0) is 19.3 Å². The maximum atomic E-state index is 11.6. The highest BCUT2D eigenvalue weighted by Crippen LogP contribution is 2.00. The second kappa shape index (κ2) is 9.29. The van der Waals surface area contributed by atoms with E-state index in [1.807, 2.05) is 0 Å². The zero-order chi connectivity index (χ0) is 14.8. The van der Waals surface area contributed by atoms with Crippen LogP contribution in [-0.2, 0) is 19.1 Å². The van der Waals surface area contributed by atoms with Crippen molar-refractivity contribution in [3.8, 4) is 0 Å². The van der Waals surface area contributed by atoms with Crippen molar-refractivity contribution >= 4 is 17.8 Å². The minimum Gasteiger partial charge on any atom is -0.480 e. The Morgan fingerprint density at radius 3 is 2.42 bits per heavy atom. The molecule has 1 unspecified atom stereocenters. The maximum absolute atomic E-state index is 11.6. The minimum atomic E-state index is -1.22. The van der Waals surface area contributed by atoms with Gasteiger partial charge in [0.05, 0.1) is 6.04 Å². The highest BCUT2D eigenvalue weighted by Gasteiger charge is 2.23. The third-order valence-corrected chi connectivity index (χ3v) is 2.49. The molecule has 0 saturated heterocycles. The number of methoxy groups -OCH3 is 1. The number of aliphatic carboxylic acids is 1. The van der Waals surface area contributed by atoms with E-state index in [1.54, 1.807) is 0 Å². The van der Waals surface area contributed by atoms with Gasteiger partial charge in [-0.2, -0.15) is 0 Å². The largest absolute Gasteiger partial charge is 0.480 e. The molecule has 0 aliphatic heterocycles. The molecular formula is C11H21N3O5. The summed E-state index contributed by atoms with van der Waals surface area (Å²) in [4.78, 5) is 33.1. The Balaban J connectivity index is 4.22. The summed E-state index contributed by atoms with van der Waals surface area (Å²) in [5, 5.41) is 11.2. The van der Waals surface area contributed by atoms with Crippen molar-refractivity contribution in [2.24, 2.45) is 11.5 Å². The quantitative estimate of drug-likeness (QED) is 0.360. The molecule has 0 aromatic rings. The van der Waals surface area contributed by atoms with Crippen molar-refractivity contribution in [3.05, 3.63) is 0 Å². The zero-order valence-corrected chi connectivity index (χ0v) is 10.9. The van der Waals surface area contributed by atoms with Crippen LogP contribution in [0.2, 0.25) is 0 Å².